The highest BCUT2D eigenvalue weighted by Gasteiger charge is 2.20. The van der Waals surface area contributed by atoms with Gasteiger partial charge in [-0.15, -0.1) is 0 Å². The van der Waals surface area contributed by atoms with Gasteiger partial charge in [-0.1, -0.05) is 11.3 Å². The predicted molar refractivity (Wildman–Crippen MR) is 74.2 cm³/mol. The number of hydrogen-bond donors (Lipinski definition) is 3. The lowest BCUT2D eigenvalue weighted by Gasteiger charge is -2.15. The lowest BCUT2D eigenvalue weighted by molar-refractivity contribution is -0.129. The van der Waals surface area contributed by atoms with E-state index in [2.05, 4.69) is 15.6 Å². The van der Waals surface area contributed by atoms with Crippen molar-refractivity contribution in [2.75, 3.05) is 37.7 Å². The number of rotatable bonds is 4. The number of aromatic nitrogens is 1. The van der Waals surface area contributed by atoms with Crippen molar-refractivity contribution in [3.05, 3.63) is 4.88 Å². The van der Waals surface area contributed by atoms with Gasteiger partial charge in [-0.05, 0) is 12.8 Å². The zero-order chi connectivity index (χ0) is 13.8. The molecule has 7 nitrogen and oxygen atoms in total. The van der Waals surface area contributed by atoms with E-state index >= 15 is 0 Å². The maximum atomic E-state index is 11.9. The molecule has 1 aliphatic heterocycles. The van der Waals surface area contributed by atoms with E-state index in [0.29, 0.717) is 10.0 Å². The second-order valence-electron chi connectivity index (χ2n) is 4.25. The second-order valence-corrected chi connectivity index (χ2v) is 5.25. The fourth-order valence-electron chi connectivity index (χ4n) is 1.92. The van der Waals surface area contributed by atoms with Gasteiger partial charge in [-0.3, -0.25) is 9.59 Å². The van der Waals surface area contributed by atoms with Gasteiger partial charge in [0.1, 0.15) is 10.7 Å². The van der Waals surface area contributed by atoms with E-state index in [1.165, 1.54) is 11.3 Å². The summed E-state index contributed by atoms with van der Waals surface area (Å²) in [4.78, 5) is 29.8. The van der Waals surface area contributed by atoms with Gasteiger partial charge in [0.2, 0.25) is 5.91 Å². The molecule has 19 heavy (non-hydrogen) atoms. The van der Waals surface area contributed by atoms with Crippen LogP contribution in [-0.2, 0) is 4.79 Å². The molecule has 0 aliphatic carbocycles. The number of nitrogens with zero attached hydrogens (tertiary/aromatic N) is 2. The van der Waals surface area contributed by atoms with Crippen LogP contribution in [0.5, 0.6) is 0 Å². The van der Waals surface area contributed by atoms with Gasteiger partial charge in [0.25, 0.3) is 5.91 Å². The molecule has 2 heterocycles. The predicted octanol–water partition coefficient (Wildman–Crippen LogP) is 0.119. The Morgan fingerprint density at radius 3 is 2.68 bits per heavy atom. The van der Waals surface area contributed by atoms with E-state index in [-0.39, 0.29) is 24.2 Å². The fraction of sp³-hybridized carbons (Fsp3) is 0.545. The number of carbonyl (C=O) groups excluding carboxylic acids is 2. The van der Waals surface area contributed by atoms with Gasteiger partial charge in [-0.2, -0.15) is 0 Å². The van der Waals surface area contributed by atoms with Crippen LogP contribution in [0.2, 0.25) is 0 Å². The summed E-state index contributed by atoms with van der Waals surface area (Å²) < 4.78 is 0. The molecule has 104 valence electrons. The Morgan fingerprint density at radius 2 is 2.11 bits per heavy atom. The monoisotopic (exact) mass is 283 g/mol. The van der Waals surface area contributed by atoms with Crippen molar-refractivity contribution in [2.45, 2.75) is 12.8 Å². The molecule has 0 saturated carbocycles. The summed E-state index contributed by atoms with van der Waals surface area (Å²) in [6.45, 7) is 1.56. The number of anilines is 2. The maximum Gasteiger partial charge on any atom is 0.265 e. The molecule has 8 heteroatoms. The van der Waals surface area contributed by atoms with Crippen molar-refractivity contribution >= 4 is 34.1 Å². The number of nitrogens with two attached hydrogens (primary N) is 1. The number of hydrogen-bond acceptors (Lipinski definition) is 6. The first-order valence-electron chi connectivity index (χ1n) is 6.12. The van der Waals surface area contributed by atoms with Crippen molar-refractivity contribution in [1.82, 2.24) is 15.2 Å². The highest BCUT2D eigenvalue weighted by Crippen LogP contribution is 2.24. The average molecular weight is 283 g/mol. The molecule has 0 aromatic carbocycles. The SMILES string of the molecule is CNc1nc(N)c(C(=O)NCC(=O)N2CCCC2)s1. The molecule has 1 fully saturated rings. The van der Waals surface area contributed by atoms with E-state index in [9.17, 15) is 9.59 Å². The third-order valence-electron chi connectivity index (χ3n) is 2.93. The number of nitrogen functional groups attached to an aromatic ring is 1. The van der Waals surface area contributed by atoms with Crippen LogP contribution < -0.4 is 16.4 Å². The van der Waals surface area contributed by atoms with E-state index in [1.807, 2.05) is 0 Å². The lowest BCUT2D eigenvalue weighted by Crippen LogP contribution is -2.38. The lowest BCUT2D eigenvalue weighted by atomic mass is 10.4. The zero-order valence-electron chi connectivity index (χ0n) is 10.7. The molecule has 2 rings (SSSR count). The van der Waals surface area contributed by atoms with Crippen molar-refractivity contribution in [3.8, 4) is 0 Å². The van der Waals surface area contributed by atoms with Crippen LogP contribution in [0, 0.1) is 0 Å². The van der Waals surface area contributed by atoms with Gasteiger partial charge >= 0.3 is 0 Å². The molecule has 1 aromatic heterocycles. The Bertz CT molecular complexity index is 481. The average Bonchev–Trinajstić information content (AvgIpc) is 3.04. The minimum Gasteiger partial charge on any atom is -0.382 e. The quantitative estimate of drug-likeness (QED) is 0.728. The molecule has 0 unspecified atom stereocenters. The van der Waals surface area contributed by atoms with Crippen LogP contribution in [0.1, 0.15) is 22.5 Å². The molecular formula is C11H17N5O2S. The molecule has 4 N–H and O–H groups in total. The van der Waals surface area contributed by atoms with Crippen molar-refractivity contribution < 1.29 is 9.59 Å². The first kappa shape index (κ1) is 13.6. The third kappa shape index (κ3) is 3.14. The number of nitrogens with one attached hydrogen (secondary N) is 2. The Hall–Kier alpha value is -1.83. The van der Waals surface area contributed by atoms with E-state index in [4.69, 9.17) is 5.73 Å². The van der Waals surface area contributed by atoms with Crippen LogP contribution >= 0.6 is 11.3 Å². The van der Waals surface area contributed by atoms with Crippen LogP contribution in [0.4, 0.5) is 10.9 Å². The zero-order valence-corrected chi connectivity index (χ0v) is 11.5. The number of thiazole rings is 1. The summed E-state index contributed by atoms with van der Waals surface area (Å²) in [7, 11) is 1.71. The van der Waals surface area contributed by atoms with Crippen molar-refractivity contribution in [1.29, 1.82) is 0 Å². The second kappa shape index (κ2) is 5.87. The third-order valence-corrected chi connectivity index (χ3v) is 4.02. The largest absolute Gasteiger partial charge is 0.382 e. The van der Waals surface area contributed by atoms with Crippen molar-refractivity contribution in [3.63, 3.8) is 0 Å². The molecular weight excluding hydrogens is 266 g/mol. The minimum atomic E-state index is -0.357. The Kier molecular flexibility index (Phi) is 4.20. The molecule has 0 atom stereocenters. The smallest absolute Gasteiger partial charge is 0.265 e. The Balaban J connectivity index is 1.89. The van der Waals surface area contributed by atoms with Crippen LogP contribution in [0.15, 0.2) is 0 Å². The summed E-state index contributed by atoms with van der Waals surface area (Å²) in [5.74, 6) is -0.229. The molecule has 1 saturated heterocycles. The van der Waals surface area contributed by atoms with E-state index in [1.54, 1.807) is 11.9 Å². The summed E-state index contributed by atoms with van der Waals surface area (Å²) in [5, 5.41) is 5.99. The van der Waals surface area contributed by atoms with E-state index < -0.39 is 0 Å². The number of amides is 2. The topological polar surface area (TPSA) is 100 Å². The van der Waals surface area contributed by atoms with Gasteiger partial charge in [0, 0.05) is 20.1 Å². The summed E-state index contributed by atoms with van der Waals surface area (Å²) in [6.07, 6.45) is 2.07. The summed E-state index contributed by atoms with van der Waals surface area (Å²) in [6, 6.07) is 0. The minimum absolute atomic E-state index is 0.00502. The number of carbonyl (C=O) groups is 2. The van der Waals surface area contributed by atoms with E-state index in [0.717, 1.165) is 25.9 Å². The number of likely N-dealkylation sites (tertiary alicyclic amines) is 1. The molecule has 2 amide bonds. The first-order chi connectivity index (χ1) is 9.11. The maximum absolute atomic E-state index is 11.9. The first-order valence-corrected chi connectivity index (χ1v) is 6.93. The van der Waals surface area contributed by atoms with Gasteiger partial charge < -0.3 is 21.3 Å². The molecule has 0 spiro atoms. The fourth-order valence-corrected chi connectivity index (χ4v) is 2.67. The highest BCUT2D eigenvalue weighted by molar-refractivity contribution is 7.18. The molecule has 0 bridgehead atoms. The molecule has 0 radical (unpaired) electrons. The molecule has 1 aromatic rings. The highest BCUT2D eigenvalue weighted by atomic mass is 32.1. The molecule has 1 aliphatic rings. The van der Waals surface area contributed by atoms with Crippen LogP contribution in [0.25, 0.3) is 0 Å². The standard InChI is InChI=1S/C11H17N5O2S/c1-13-11-15-9(12)8(19-11)10(18)14-6-7(17)16-4-2-3-5-16/h2-6,12H2,1H3,(H,13,15)(H,14,18). The van der Waals surface area contributed by atoms with Gasteiger partial charge in [0.05, 0.1) is 6.54 Å². The normalized spacial score (nSPS) is 14.5. The van der Waals surface area contributed by atoms with Crippen molar-refractivity contribution in [2.24, 2.45) is 0 Å². The Labute approximate surface area is 115 Å². The Morgan fingerprint density at radius 1 is 1.42 bits per heavy atom. The van der Waals surface area contributed by atoms with Crippen LogP contribution in [0.3, 0.4) is 0 Å². The van der Waals surface area contributed by atoms with Gasteiger partial charge in [0.15, 0.2) is 5.13 Å². The van der Waals surface area contributed by atoms with Gasteiger partial charge in [-0.25, -0.2) is 4.98 Å². The van der Waals surface area contributed by atoms with Crippen LogP contribution in [-0.4, -0.2) is 48.4 Å². The summed E-state index contributed by atoms with van der Waals surface area (Å²) in [5.41, 5.74) is 5.65. The summed E-state index contributed by atoms with van der Waals surface area (Å²) >= 11 is 1.17.